The van der Waals surface area contributed by atoms with Gasteiger partial charge >= 0.3 is 0 Å². The zero-order valence-electron chi connectivity index (χ0n) is 14.3. The summed E-state index contributed by atoms with van der Waals surface area (Å²) in [6, 6.07) is 11.7. The average Bonchev–Trinajstić information content (AvgIpc) is 2.64. The molecule has 0 spiro atoms. The number of aromatic hydroxyl groups is 2. The molecule has 0 aliphatic rings. The van der Waals surface area contributed by atoms with E-state index in [0.717, 1.165) is 18.2 Å². The third-order valence-electron chi connectivity index (χ3n) is 4.42. The SMILES string of the molecule is O=S(=O)(O)C(c1ccc(O)c(Cl)c1)(c1ccccc1Cl)c1c(O)ccc(Cl)c1Cl. The fourth-order valence-corrected chi connectivity index (χ4v) is 5.57. The molecule has 10 heteroatoms. The van der Waals surface area contributed by atoms with Crippen LogP contribution in [0.15, 0.2) is 54.6 Å². The van der Waals surface area contributed by atoms with Gasteiger partial charge in [0.25, 0.3) is 10.1 Å². The molecule has 0 amide bonds. The Balaban J connectivity index is 2.66. The normalized spacial score (nSPS) is 13.8. The average molecular weight is 494 g/mol. The highest BCUT2D eigenvalue weighted by Gasteiger charge is 2.52. The fourth-order valence-electron chi connectivity index (χ4n) is 3.20. The lowest BCUT2D eigenvalue weighted by Crippen LogP contribution is -2.39. The second-order valence-corrected chi connectivity index (χ2v) is 9.22. The van der Waals surface area contributed by atoms with Crippen molar-refractivity contribution in [3.63, 3.8) is 0 Å². The fraction of sp³-hybridized carbons (Fsp3) is 0.0526. The molecule has 3 rings (SSSR count). The second kappa shape index (κ2) is 7.87. The van der Waals surface area contributed by atoms with Crippen LogP contribution in [0, 0.1) is 0 Å². The van der Waals surface area contributed by atoms with E-state index in [2.05, 4.69) is 0 Å². The maximum atomic E-state index is 13.0. The van der Waals surface area contributed by atoms with Crippen LogP contribution < -0.4 is 0 Å². The predicted octanol–water partition coefficient (Wildman–Crippen LogP) is 5.89. The molecule has 1 unspecified atom stereocenters. The molecule has 152 valence electrons. The van der Waals surface area contributed by atoms with Gasteiger partial charge in [-0.1, -0.05) is 70.7 Å². The van der Waals surface area contributed by atoms with Gasteiger partial charge in [-0.05, 0) is 35.9 Å². The van der Waals surface area contributed by atoms with Gasteiger partial charge in [0.05, 0.1) is 15.1 Å². The van der Waals surface area contributed by atoms with E-state index in [0.29, 0.717) is 0 Å². The quantitative estimate of drug-likeness (QED) is 0.311. The van der Waals surface area contributed by atoms with E-state index >= 15 is 0 Å². The van der Waals surface area contributed by atoms with E-state index in [-0.39, 0.29) is 37.0 Å². The van der Waals surface area contributed by atoms with Crippen molar-refractivity contribution in [1.29, 1.82) is 0 Å². The van der Waals surface area contributed by atoms with Crippen LogP contribution in [0.1, 0.15) is 16.7 Å². The van der Waals surface area contributed by atoms with E-state index < -0.39 is 26.2 Å². The maximum absolute atomic E-state index is 13.0. The van der Waals surface area contributed by atoms with Gasteiger partial charge in [-0.3, -0.25) is 4.55 Å². The number of phenols is 2. The standard InChI is InChI=1S/C19H12Cl4O5S/c20-12-4-2-1-3-11(12)19(29(26,27)28,10-5-7-15(24)14(22)9-10)17-16(25)8-6-13(21)18(17)23/h1-9,24-25H,(H,26,27,28). The number of rotatable bonds is 4. The lowest BCUT2D eigenvalue weighted by Gasteiger charge is -2.34. The highest BCUT2D eigenvalue weighted by atomic mass is 35.5. The number of hydrogen-bond donors (Lipinski definition) is 3. The molecule has 1 atom stereocenters. The molecule has 0 saturated heterocycles. The Morgan fingerprint density at radius 1 is 0.759 bits per heavy atom. The Bertz CT molecular complexity index is 1210. The van der Waals surface area contributed by atoms with E-state index in [1.54, 1.807) is 6.07 Å². The highest BCUT2D eigenvalue weighted by molar-refractivity contribution is 7.87. The molecule has 0 aromatic heterocycles. The summed E-state index contributed by atoms with van der Waals surface area (Å²) in [5.74, 6) is -0.874. The molecule has 3 aromatic rings. The molecular weight excluding hydrogens is 482 g/mol. The van der Waals surface area contributed by atoms with E-state index in [1.807, 2.05) is 0 Å². The van der Waals surface area contributed by atoms with Crippen molar-refractivity contribution in [2.24, 2.45) is 0 Å². The van der Waals surface area contributed by atoms with Crippen molar-refractivity contribution in [3.05, 3.63) is 91.4 Å². The molecule has 0 radical (unpaired) electrons. The van der Waals surface area contributed by atoms with Gasteiger partial charge in [0.2, 0.25) is 0 Å². The lowest BCUT2D eigenvalue weighted by atomic mass is 9.83. The summed E-state index contributed by atoms with van der Waals surface area (Å²) >= 11 is 24.7. The van der Waals surface area contributed by atoms with Crippen molar-refractivity contribution in [2.45, 2.75) is 4.75 Å². The topological polar surface area (TPSA) is 94.8 Å². The summed E-state index contributed by atoms with van der Waals surface area (Å²) in [5, 5.41) is 19.8. The molecule has 0 heterocycles. The first-order chi connectivity index (χ1) is 13.5. The molecule has 0 fully saturated rings. The summed E-state index contributed by atoms with van der Waals surface area (Å²) in [5.41, 5.74) is -0.648. The Kier molecular flexibility index (Phi) is 5.98. The molecule has 3 N–H and O–H groups in total. The van der Waals surface area contributed by atoms with Crippen molar-refractivity contribution in [2.75, 3.05) is 0 Å². The summed E-state index contributed by atoms with van der Waals surface area (Å²) in [6.07, 6.45) is 0. The summed E-state index contributed by atoms with van der Waals surface area (Å²) in [4.78, 5) is 0. The van der Waals surface area contributed by atoms with Crippen molar-refractivity contribution < 1.29 is 23.2 Å². The van der Waals surface area contributed by atoms with Crippen LogP contribution in [-0.4, -0.2) is 23.2 Å². The zero-order chi connectivity index (χ0) is 21.6. The molecule has 5 nitrogen and oxygen atoms in total. The maximum Gasteiger partial charge on any atom is 0.283 e. The van der Waals surface area contributed by atoms with Gasteiger partial charge in [-0.2, -0.15) is 8.42 Å². The molecule has 0 aliphatic carbocycles. The first-order valence-corrected chi connectivity index (χ1v) is 10.9. The van der Waals surface area contributed by atoms with E-state index in [4.69, 9.17) is 46.4 Å². The molecular formula is C19H12Cl4O5S. The van der Waals surface area contributed by atoms with Crippen molar-refractivity contribution in [1.82, 2.24) is 0 Å². The minimum atomic E-state index is -5.13. The number of hydrogen-bond acceptors (Lipinski definition) is 4. The number of phenolic OH excluding ortho intramolecular Hbond substituents is 2. The van der Waals surface area contributed by atoms with Crippen LogP contribution in [0.3, 0.4) is 0 Å². The van der Waals surface area contributed by atoms with Crippen LogP contribution in [0.5, 0.6) is 11.5 Å². The third kappa shape index (κ3) is 3.54. The van der Waals surface area contributed by atoms with Gasteiger partial charge in [0.1, 0.15) is 11.5 Å². The van der Waals surface area contributed by atoms with Crippen LogP contribution >= 0.6 is 46.4 Å². The minimum Gasteiger partial charge on any atom is -0.508 e. The highest BCUT2D eigenvalue weighted by Crippen LogP contribution is 2.53. The Hall–Kier alpha value is -1.67. The smallest absolute Gasteiger partial charge is 0.283 e. The summed E-state index contributed by atoms with van der Waals surface area (Å²) in [6.45, 7) is 0. The third-order valence-corrected chi connectivity index (χ3v) is 7.29. The van der Waals surface area contributed by atoms with Gasteiger partial charge in [-0.25, -0.2) is 0 Å². The molecule has 29 heavy (non-hydrogen) atoms. The molecule has 0 bridgehead atoms. The largest absolute Gasteiger partial charge is 0.508 e. The molecule has 0 aliphatic heterocycles. The van der Waals surface area contributed by atoms with Crippen molar-refractivity contribution in [3.8, 4) is 11.5 Å². The van der Waals surface area contributed by atoms with Gasteiger partial charge in [0.15, 0.2) is 4.75 Å². The van der Waals surface area contributed by atoms with Crippen LogP contribution in [0.25, 0.3) is 0 Å². The minimum absolute atomic E-state index is 0.0373. The van der Waals surface area contributed by atoms with Gasteiger partial charge in [-0.15, -0.1) is 0 Å². The lowest BCUT2D eigenvalue weighted by molar-refractivity contribution is 0.440. The zero-order valence-corrected chi connectivity index (χ0v) is 18.1. The first-order valence-electron chi connectivity index (χ1n) is 7.90. The van der Waals surface area contributed by atoms with Crippen molar-refractivity contribution >= 4 is 56.5 Å². The van der Waals surface area contributed by atoms with E-state index in [1.165, 1.54) is 30.3 Å². The Labute approximate surface area is 186 Å². The van der Waals surface area contributed by atoms with E-state index in [9.17, 15) is 23.2 Å². The summed E-state index contributed by atoms with van der Waals surface area (Å²) < 4.78 is 34.0. The Morgan fingerprint density at radius 2 is 1.38 bits per heavy atom. The summed E-state index contributed by atoms with van der Waals surface area (Å²) in [7, 11) is -5.13. The molecule has 3 aromatic carbocycles. The predicted molar refractivity (Wildman–Crippen MR) is 114 cm³/mol. The number of benzene rings is 3. The van der Waals surface area contributed by atoms with Crippen LogP contribution in [0.4, 0.5) is 0 Å². The van der Waals surface area contributed by atoms with Gasteiger partial charge in [0, 0.05) is 16.1 Å². The second-order valence-electron chi connectivity index (χ2n) is 6.06. The Morgan fingerprint density at radius 3 is 1.97 bits per heavy atom. The van der Waals surface area contributed by atoms with Crippen LogP contribution in [0.2, 0.25) is 20.1 Å². The number of halogens is 4. The molecule has 0 saturated carbocycles. The van der Waals surface area contributed by atoms with Gasteiger partial charge < -0.3 is 10.2 Å². The first kappa shape index (κ1) is 22.0. The monoisotopic (exact) mass is 492 g/mol. The van der Waals surface area contributed by atoms with Crippen LogP contribution in [-0.2, 0) is 14.9 Å².